The summed E-state index contributed by atoms with van der Waals surface area (Å²) in [5, 5.41) is 2.81. The number of nitrogens with one attached hydrogen (secondary N) is 1. The third-order valence-corrected chi connectivity index (χ3v) is 3.08. The molecule has 4 heteroatoms. The Labute approximate surface area is 123 Å². The summed E-state index contributed by atoms with van der Waals surface area (Å²) in [4.78, 5) is 11.9. The third kappa shape index (κ3) is 4.60. The zero-order chi connectivity index (χ0) is 15.2. The van der Waals surface area contributed by atoms with Crippen molar-refractivity contribution in [2.24, 2.45) is 0 Å². The van der Waals surface area contributed by atoms with E-state index in [4.69, 9.17) is 4.74 Å². The van der Waals surface area contributed by atoms with Crippen molar-refractivity contribution in [1.82, 2.24) is 5.32 Å². The quantitative estimate of drug-likeness (QED) is 0.917. The molecule has 3 nitrogen and oxygen atoms in total. The van der Waals surface area contributed by atoms with Crippen molar-refractivity contribution in [2.45, 2.75) is 26.5 Å². The van der Waals surface area contributed by atoms with Crippen LogP contribution in [-0.4, -0.2) is 12.0 Å². The highest BCUT2D eigenvalue weighted by Crippen LogP contribution is 2.13. The molecule has 1 atom stereocenters. The highest BCUT2D eigenvalue weighted by molar-refractivity contribution is 5.80. The van der Waals surface area contributed by atoms with Crippen LogP contribution in [0.2, 0.25) is 0 Å². The van der Waals surface area contributed by atoms with Gasteiger partial charge in [-0.2, -0.15) is 0 Å². The molecule has 0 aliphatic heterocycles. The summed E-state index contributed by atoms with van der Waals surface area (Å²) in [5.41, 5.74) is 2.21. The highest BCUT2D eigenvalue weighted by Gasteiger charge is 2.14. The summed E-state index contributed by atoms with van der Waals surface area (Å²) in [6, 6.07) is 13.5. The van der Waals surface area contributed by atoms with Crippen LogP contribution in [0, 0.1) is 12.7 Å². The van der Waals surface area contributed by atoms with E-state index in [1.165, 1.54) is 29.8 Å². The molecule has 0 aromatic heterocycles. The van der Waals surface area contributed by atoms with Gasteiger partial charge in [0, 0.05) is 6.54 Å². The molecule has 0 spiro atoms. The van der Waals surface area contributed by atoms with Gasteiger partial charge in [0.05, 0.1) is 0 Å². The van der Waals surface area contributed by atoms with Crippen molar-refractivity contribution in [1.29, 1.82) is 0 Å². The van der Waals surface area contributed by atoms with Crippen molar-refractivity contribution >= 4 is 5.91 Å². The topological polar surface area (TPSA) is 38.3 Å². The molecule has 2 aromatic carbocycles. The molecule has 1 N–H and O–H groups in total. The number of hydrogen-bond donors (Lipinski definition) is 1. The Balaban J connectivity index is 1.84. The lowest BCUT2D eigenvalue weighted by molar-refractivity contribution is -0.127. The van der Waals surface area contributed by atoms with Crippen LogP contribution in [0.1, 0.15) is 18.1 Å². The van der Waals surface area contributed by atoms with E-state index in [1.54, 1.807) is 6.92 Å². The molecule has 0 radical (unpaired) electrons. The predicted octanol–water partition coefficient (Wildman–Crippen LogP) is 3.22. The maximum atomic E-state index is 12.8. The minimum atomic E-state index is -0.638. The van der Waals surface area contributed by atoms with Gasteiger partial charge in [-0.25, -0.2) is 4.39 Å². The van der Waals surface area contributed by atoms with Gasteiger partial charge >= 0.3 is 0 Å². The smallest absolute Gasteiger partial charge is 0.261 e. The van der Waals surface area contributed by atoms with Crippen LogP contribution in [0.4, 0.5) is 4.39 Å². The number of hydrogen-bond acceptors (Lipinski definition) is 2. The molecule has 21 heavy (non-hydrogen) atoms. The summed E-state index contributed by atoms with van der Waals surface area (Å²) in [6.45, 7) is 4.13. The van der Waals surface area contributed by atoms with E-state index in [1.807, 2.05) is 31.2 Å². The lowest BCUT2D eigenvalue weighted by Gasteiger charge is -2.14. The van der Waals surface area contributed by atoms with Crippen molar-refractivity contribution in [3.63, 3.8) is 0 Å². The molecule has 0 aliphatic carbocycles. The lowest BCUT2D eigenvalue weighted by Crippen LogP contribution is -2.35. The Morgan fingerprint density at radius 1 is 1.14 bits per heavy atom. The van der Waals surface area contributed by atoms with Crippen molar-refractivity contribution in [2.75, 3.05) is 0 Å². The Morgan fingerprint density at radius 2 is 1.76 bits per heavy atom. The molecule has 110 valence electrons. The number of aryl methyl sites for hydroxylation is 1. The second-order valence-corrected chi connectivity index (χ2v) is 4.92. The first-order valence-corrected chi connectivity index (χ1v) is 6.80. The van der Waals surface area contributed by atoms with E-state index in [0.29, 0.717) is 12.3 Å². The number of benzene rings is 2. The van der Waals surface area contributed by atoms with Gasteiger partial charge in [0.1, 0.15) is 11.6 Å². The number of halogens is 1. The number of ether oxygens (including phenoxy) is 1. The van der Waals surface area contributed by atoms with E-state index in [0.717, 1.165) is 5.56 Å². The molecule has 2 rings (SSSR count). The van der Waals surface area contributed by atoms with Crippen molar-refractivity contribution < 1.29 is 13.9 Å². The van der Waals surface area contributed by atoms with E-state index in [-0.39, 0.29) is 11.7 Å². The predicted molar refractivity (Wildman–Crippen MR) is 79.5 cm³/mol. The molecule has 2 aromatic rings. The maximum Gasteiger partial charge on any atom is 0.261 e. The summed E-state index contributed by atoms with van der Waals surface area (Å²) in [7, 11) is 0. The fraction of sp³-hybridized carbons (Fsp3) is 0.235. The van der Waals surface area contributed by atoms with Gasteiger partial charge in [0.25, 0.3) is 5.91 Å². The molecule has 0 unspecified atom stereocenters. The summed E-state index contributed by atoms with van der Waals surface area (Å²) < 4.78 is 18.2. The number of rotatable bonds is 5. The van der Waals surface area contributed by atoms with Gasteiger partial charge in [-0.3, -0.25) is 4.79 Å². The van der Waals surface area contributed by atoms with Gasteiger partial charge in [-0.15, -0.1) is 0 Å². The maximum absolute atomic E-state index is 12.8. The molecular weight excluding hydrogens is 269 g/mol. The Morgan fingerprint density at radius 3 is 2.38 bits per heavy atom. The van der Waals surface area contributed by atoms with Crippen molar-refractivity contribution in [3.8, 4) is 5.75 Å². The molecule has 0 fully saturated rings. The monoisotopic (exact) mass is 287 g/mol. The standard InChI is InChI=1S/C17H18FNO2/c1-12-3-5-14(6-4-12)11-19-17(20)13(2)21-16-9-7-15(18)8-10-16/h3-10,13H,11H2,1-2H3,(H,19,20)/t13-/m0/s1. The first kappa shape index (κ1) is 15.0. The first-order chi connectivity index (χ1) is 10.0. The van der Waals surface area contributed by atoms with Crippen LogP contribution in [0.25, 0.3) is 0 Å². The van der Waals surface area contributed by atoms with Gasteiger partial charge in [-0.05, 0) is 43.7 Å². The SMILES string of the molecule is Cc1ccc(CNC(=O)[C@H](C)Oc2ccc(F)cc2)cc1. The first-order valence-electron chi connectivity index (χ1n) is 6.80. The molecule has 0 aliphatic rings. The van der Waals surface area contributed by atoms with E-state index >= 15 is 0 Å². The van der Waals surface area contributed by atoms with Gasteiger partial charge in [-0.1, -0.05) is 29.8 Å². The van der Waals surface area contributed by atoms with Crippen LogP contribution >= 0.6 is 0 Å². The van der Waals surface area contributed by atoms with Crippen LogP contribution in [0.3, 0.4) is 0 Å². The highest BCUT2D eigenvalue weighted by atomic mass is 19.1. The molecular formula is C17H18FNO2. The zero-order valence-electron chi connectivity index (χ0n) is 12.1. The largest absolute Gasteiger partial charge is 0.481 e. The van der Waals surface area contributed by atoms with Crippen molar-refractivity contribution in [3.05, 3.63) is 65.5 Å². The summed E-state index contributed by atoms with van der Waals surface area (Å²) in [6.07, 6.45) is -0.638. The number of carbonyl (C=O) groups excluding carboxylic acids is 1. The summed E-state index contributed by atoms with van der Waals surface area (Å²) in [5.74, 6) is -0.0758. The van der Waals surface area contributed by atoms with Gasteiger partial charge in [0.15, 0.2) is 6.10 Å². The van der Waals surface area contributed by atoms with E-state index < -0.39 is 6.10 Å². The zero-order valence-corrected chi connectivity index (χ0v) is 12.1. The van der Waals surface area contributed by atoms with Gasteiger partial charge < -0.3 is 10.1 Å². The fourth-order valence-corrected chi connectivity index (χ4v) is 1.81. The minimum absolute atomic E-state index is 0.208. The molecule has 1 amide bonds. The molecule has 0 saturated heterocycles. The Kier molecular flexibility index (Phi) is 4.93. The normalized spacial score (nSPS) is 11.8. The second kappa shape index (κ2) is 6.88. The lowest BCUT2D eigenvalue weighted by atomic mass is 10.1. The molecule has 0 heterocycles. The van der Waals surface area contributed by atoms with Crippen LogP contribution < -0.4 is 10.1 Å². The molecule has 0 bridgehead atoms. The number of amides is 1. The Hall–Kier alpha value is -2.36. The molecule has 0 saturated carbocycles. The Bertz CT molecular complexity index is 593. The minimum Gasteiger partial charge on any atom is -0.481 e. The third-order valence-electron chi connectivity index (χ3n) is 3.08. The van der Waals surface area contributed by atoms with E-state index in [9.17, 15) is 9.18 Å². The average Bonchev–Trinajstić information content (AvgIpc) is 2.48. The fourth-order valence-electron chi connectivity index (χ4n) is 1.81. The second-order valence-electron chi connectivity index (χ2n) is 4.92. The summed E-state index contributed by atoms with van der Waals surface area (Å²) >= 11 is 0. The van der Waals surface area contributed by atoms with Crippen LogP contribution in [0.5, 0.6) is 5.75 Å². The van der Waals surface area contributed by atoms with Crippen LogP contribution in [-0.2, 0) is 11.3 Å². The van der Waals surface area contributed by atoms with Gasteiger partial charge in [0.2, 0.25) is 0 Å². The van der Waals surface area contributed by atoms with E-state index in [2.05, 4.69) is 5.32 Å². The number of carbonyl (C=O) groups is 1. The average molecular weight is 287 g/mol. The van der Waals surface area contributed by atoms with Crippen LogP contribution in [0.15, 0.2) is 48.5 Å².